The summed E-state index contributed by atoms with van der Waals surface area (Å²) < 4.78 is 0.502. The van der Waals surface area contributed by atoms with Crippen LogP contribution in [0.3, 0.4) is 0 Å². The van der Waals surface area contributed by atoms with Crippen LogP contribution < -0.4 is 5.32 Å². The number of nitrogens with one attached hydrogen (secondary N) is 2. The topological polar surface area (TPSA) is 82.9 Å². The summed E-state index contributed by atoms with van der Waals surface area (Å²) >= 11 is 0. The lowest BCUT2D eigenvalue weighted by atomic mass is 10.1. The molecule has 6 heteroatoms. The molecule has 1 aromatic rings. The Morgan fingerprint density at radius 3 is 3.05 bits per heavy atom. The lowest BCUT2D eigenvalue weighted by Gasteiger charge is -2.16. The van der Waals surface area contributed by atoms with E-state index in [4.69, 9.17) is 5.41 Å². The van der Waals surface area contributed by atoms with Crippen molar-refractivity contribution in [1.82, 2.24) is 4.98 Å². The summed E-state index contributed by atoms with van der Waals surface area (Å²) in [4.78, 5) is 27.2. The fourth-order valence-corrected chi connectivity index (χ4v) is 3.04. The van der Waals surface area contributed by atoms with Crippen LogP contribution in [0, 0.1) is 5.41 Å². The molecule has 0 saturated carbocycles. The van der Waals surface area contributed by atoms with Crippen molar-refractivity contribution < 1.29 is 14.1 Å². The molecule has 2 N–H and O–H groups in total. The predicted molar refractivity (Wildman–Crippen MR) is 73.4 cm³/mol. The molecule has 0 aromatic carbocycles. The van der Waals surface area contributed by atoms with E-state index in [0.717, 1.165) is 19.4 Å². The quantitative estimate of drug-likeness (QED) is 0.475. The van der Waals surface area contributed by atoms with E-state index < -0.39 is 0 Å². The molecule has 2 aliphatic heterocycles. The molecule has 2 atom stereocenters. The van der Waals surface area contributed by atoms with E-state index in [9.17, 15) is 9.59 Å². The maximum absolute atomic E-state index is 11.8. The van der Waals surface area contributed by atoms with E-state index >= 15 is 0 Å². The average Bonchev–Trinajstić information content (AvgIpc) is 2.83. The zero-order valence-electron chi connectivity index (χ0n) is 11.3. The van der Waals surface area contributed by atoms with Crippen molar-refractivity contribution in [2.45, 2.75) is 25.8 Å². The third kappa shape index (κ3) is 1.84. The van der Waals surface area contributed by atoms with E-state index in [0.29, 0.717) is 28.3 Å². The van der Waals surface area contributed by atoms with Gasteiger partial charge in [0.1, 0.15) is 5.71 Å². The number of aromatic nitrogens is 1. The second-order valence-corrected chi connectivity index (χ2v) is 5.44. The Hall–Kier alpha value is -2.08. The van der Waals surface area contributed by atoms with Gasteiger partial charge in [0.25, 0.3) is 0 Å². The molecule has 1 aromatic heterocycles. The minimum atomic E-state index is -0.284. The van der Waals surface area contributed by atoms with Gasteiger partial charge in [-0.25, -0.2) is 9.28 Å². The molecule has 1 amide bonds. The second-order valence-electron chi connectivity index (χ2n) is 5.44. The van der Waals surface area contributed by atoms with Crippen molar-refractivity contribution in [2.24, 2.45) is 0 Å². The fraction of sp³-hybridized carbons (Fsp3) is 0.429. The normalized spacial score (nSPS) is 27.1. The van der Waals surface area contributed by atoms with Crippen LogP contribution in [0.25, 0.3) is 0 Å². The van der Waals surface area contributed by atoms with Gasteiger partial charge in [0.05, 0.1) is 18.4 Å². The van der Waals surface area contributed by atoms with Crippen molar-refractivity contribution in [1.29, 1.82) is 5.41 Å². The molecule has 20 heavy (non-hydrogen) atoms. The molecule has 2 aliphatic rings. The molecule has 6 nitrogen and oxygen atoms in total. The number of rotatable bonds is 5. The minimum Gasteiger partial charge on any atom is -0.337 e. The number of Topliss-reactive ketones (excluding diaryl/α,β-unsaturated/α-hetero) is 1. The van der Waals surface area contributed by atoms with Crippen molar-refractivity contribution in [3.8, 4) is 0 Å². The van der Waals surface area contributed by atoms with Gasteiger partial charge in [-0.1, -0.05) is 0 Å². The first-order chi connectivity index (χ1) is 9.56. The Morgan fingerprint density at radius 2 is 2.40 bits per heavy atom. The number of amides is 1. The Bertz CT molecular complexity index is 613. The molecule has 3 heterocycles. The zero-order chi connectivity index (χ0) is 14.3. The van der Waals surface area contributed by atoms with Crippen LogP contribution in [0.4, 0.5) is 5.69 Å². The first-order valence-corrected chi connectivity index (χ1v) is 6.75. The summed E-state index contributed by atoms with van der Waals surface area (Å²) in [5.74, 6) is 0.0176. The molecule has 2 fully saturated rings. The first-order valence-electron chi connectivity index (χ1n) is 6.75. The fourth-order valence-electron chi connectivity index (χ4n) is 3.04. The highest BCUT2D eigenvalue weighted by Gasteiger charge is 2.69. The number of fused-ring (bicyclic) bond motifs is 1. The van der Waals surface area contributed by atoms with Gasteiger partial charge in [0.15, 0.2) is 12.5 Å². The van der Waals surface area contributed by atoms with Gasteiger partial charge in [-0.3, -0.25) is 15.2 Å². The largest absolute Gasteiger partial charge is 0.374 e. The Labute approximate surface area is 116 Å². The summed E-state index contributed by atoms with van der Waals surface area (Å²) in [6, 6.07) is 1.81. The van der Waals surface area contributed by atoms with E-state index in [2.05, 4.69) is 10.3 Å². The van der Waals surface area contributed by atoms with Crippen LogP contribution in [0.15, 0.2) is 18.5 Å². The van der Waals surface area contributed by atoms with Gasteiger partial charge >= 0.3 is 5.91 Å². The molecule has 0 bridgehead atoms. The maximum atomic E-state index is 11.8. The number of nitrogens with zero attached hydrogens (tertiary/aromatic N) is 2. The highest BCUT2D eigenvalue weighted by atomic mass is 16.2. The van der Waals surface area contributed by atoms with Crippen LogP contribution in [0.1, 0.15) is 25.3 Å². The molecule has 0 spiro atoms. The molecular weight excluding hydrogens is 256 g/mol. The summed E-state index contributed by atoms with van der Waals surface area (Å²) in [7, 11) is 0. The summed E-state index contributed by atoms with van der Waals surface area (Å²) in [6.07, 6.45) is 5.22. The SMILES string of the molecule is CC(=O)C(=N)c1ccncc1NC[N+]12CCCC1C2=O. The Balaban J connectivity index is 1.77. The number of ketones is 1. The average molecular weight is 273 g/mol. The van der Waals surface area contributed by atoms with Crippen LogP contribution in [-0.4, -0.2) is 46.1 Å². The molecular formula is C14H17N4O2+. The number of quaternary nitrogens is 1. The van der Waals surface area contributed by atoms with Gasteiger partial charge in [-0.05, 0) is 6.07 Å². The molecule has 2 saturated heterocycles. The van der Waals surface area contributed by atoms with E-state index in [1.807, 2.05) is 0 Å². The third-order valence-corrected chi connectivity index (χ3v) is 4.28. The van der Waals surface area contributed by atoms with E-state index in [1.54, 1.807) is 18.5 Å². The lowest BCUT2D eigenvalue weighted by Crippen LogP contribution is -2.33. The molecule has 0 radical (unpaired) electrons. The predicted octanol–water partition coefficient (Wildman–Crippen LogP) is 0.927. The summed E-state index contributed by atoms with van der Waals surface area (Å²) in [5.41, 5.74) is 1.14. The number of anilines is 1. The molecule has 2 unspecified atom stereocenters. The number of hydrogen-bond donors (Lipinski definition) is 2. The van der Waals surface area contributed by atoms with Crippen molar-refractivity contribution in [2.75, 3.05) is 18.5 Å². The molecule has 0 aliphatic carbocycles. The standard InChI is InChI=1S/C14H17N4O2/c1-9(19)13(15)10-4-5-16-7-11(10)17-8-18-6-2-3-12(18)14(18)20/h4-5,7,12,15,17H,2-3,6,8H2,1H3/q+1. The minimum absolute atomic E-state index is 0.0370. The maximum Gasteiger partial charge on any atom is 0.374 e. The molecule has 104 valence electrons. The van der Waals surface area contributed by atoms with Gasteiger partial charge < -0.3 is 5.32 Å². The number of carbonyl (C=O) groups is 2. The van der Waals surface area contributed by atoms with E-state index in [1.165, 1.54) is 6.92 Å². The molecule has 3 rings (SSSR count). The summed E-state index contributed by atoms with van der Waals surface area (Å²) in [6.45, 7) is 2.78. The lowest BCUT2D eigenvalue weighted by molar-refractivity contribution is -0.760. The smallest absolute Gasteiger partial charge is 0.337 e. The second kappa shape index (κ2) is 4.49. The number of hydrogen-bond acceptors (Lipinski definition) is 5. The van der Waals surface area contributed by atoms with E-state index in [-0.39, 0.29) is 17.5 Å². The first kappa shape index (κ1) is 12.9. The number of pyridine rings is 1. The Kier molecular flexibility index (Phi) is 2.90. The van der Waals surface area contributed by atoms with Crippen molar-refractivity contribution in [3.05, 3.63) is 24.0 Å². The van der Waals surface area contributed by atoms with Crippen LogP contribution in [0.2, 0.25) is 0 Å². The van der Waals surface area contributed by atoms with Crippen LogP contribution in [0.5, 0.6) is 0 Å². The van der Waals surface area contributed by atoms with Crippen LogP contribution in [-0.2, 0) is 9.59 Å². The van der Waals surface area contributed by atoms with Gasteiger partial charge in [-0.15, -0.1) is 0 Å². The van der Waals surface area contributed by atoms with Gasteiger partial charge in [0.2, 0.25) is 6.04 Å². The summed E-state index contributed by atoms with van der Waals surface area (Å²) in [5, 5.41) is 11.0. The van der Waals surface area contributed by atoms with Gasteiger partial charge in [0, 0.05) is 31.5 Å². The van der Waals surface area contributed by atoms with Crippen LogP contribution >= 0.6 is 0 Å². The van der Waals surface area contributed by atoms with Crippen molar-refractivity contribution >= 4 is 23.1 Å². The highest BCUT2D eigenvalue weighted by molar-refractivity contribution is 6.45. The van der Waals surface area contributed by atoms with Gasteiger partial charge in [-0.2, -0.15) is 0 Å². The number of carbonyl (C=O) groups excluding carboxylic acids is 2. The third-order valence-electron chi connectivity index (χ3n) is 4.28. The highest BCUT2D eigenvalue weighted by Crippen LogP contribution is 2.42. The van der Waals surface area contributed by atoms with Crippen molar-refractivity contribution in [3.63, 3.8) is 0 Å². The number of piperidine rings is 1. The Morgan fingerprint density at radius 1 is 1.60 bits per heavy atom. The monoisotopic (exact) mass is 273 g/mol. The zero-order valence-corrected chi connectivity index (χ0v) is 11.3.